The van der Waals surface area contributed by atoms with E-state index in [1.165, 1.54) is 13.2 Å². The molecule has 0 spiro atoms. The van der Waals surface area contributed by atoms with Gasteiger partial charge in [-0.15, -0.1) is 0 Å². The fourth-order valence-electron chi connectivity index (χ4n) is 4.73. The number of methoxy groups -OCH3 is 1. The van der Waals surface area contributed by atoms with Gasteiger partial charge in [-0.05, 0) is 37.3 Å². The number of allylic oxidation sites excluding steroid dienone is 3. The number of carbonyl (C=O) groups is 1. The molecule has 0 bridgehead atoms. The number of nitrogens with two attached hydrogens (primary N) is 1. The Morgan fingerprint density at radius 2 is 2.20 bits per heavy atom. The van der Waals surface area contributed by atoms with Crippen LogP contribution in [-0.2, 0) is 9.53 Å². The van der Waals surface area contributed by atoms with Crippen LogP contribution in [0.25, 0.3) is 0 Å². The van der Waals surface area contributed by atoms with E-state index >= 15 is 0 Å². The Kier molecular flexibility index (Phi) is 8.19. The second kappa shape index (κ2) is 10.8. The van der Waals surface area contributed by atoms with Gasteiger partial charge in [0.25, 0.3) is 0 Å². The number of amidine groups is 2. The van der Waals surface area contributed by atoms with Crippen molar-refractivity contribution in [3.8, 4) is 0 Å². The molecule has 1 fully saturated rings. The van der Waals surface area contributed by atoms with Crippen molar-refractivity contribution >= 4 is 23.4 Å². The number of hydrazone groups is 1. The van der Waals surface area contributed by atoms with Crippen LogP contribution < -0.4 is 11.2 Å². The van der Waals surface area contributed by atoms with Gasteiger partial charge in [0.15, 0.2) is 0 Å². The molecule has 3 atom stereocenters. The van der Waals surface area contributed by atoms with Crippen LogP contribution in [0.5, 0.6) is 0 Å². The highest BCUT2D eigenvalue weighted by Crippen LogP contribution is 2.37. The SMILES string of the molecule is C=C(/C=C\C(=NCC1=NNC2=NC=CCC12)N1CCC(N)C(CC(C)C)(C(=O)OC)C1)C(F)(F)F. The second-order valence-corrected chi connectivity index (χ2v) is 9.50. The predicted molar refractivity (Wildman–Crippen MR) is 130 cm³/mol. The molecule has 3 heterocycles. The fraction of sp³-hybridized carbons (Fsp3) is 0.583. The van der Waals surface area contributed by atoms with Crippen molar-refractivity contribution in [2.45, 2.75) is 45.3 Å². The number of aliphatic imine (C=N–C) groups is 2. The molecule has 3 aliphatic rings. The largest absolute Gasteiger partial charge is 0.468 e. The highest BCUT2D eigenvalue weighted by molar-refractivity contribution is 6.12. The first kappa shape index (κ1) is 26.7. The number of hydrogen-bond donors (Lipinski definition) is 2. The molecule has 0 aromatic carbocycles. The molecule has 0 saturated carbocycles. The molecule has 0 amide bonds. The third-order valence-electron chi connectivity index (χ3n) is 6.52. The number of halogens is 3. The number of carbonyl (C=O) groups excluding carboxylic acids is 1. The summed E-state index contributed by atoms with van der Waals surface area (Å²) in [5.74, 6) is 0.719. The number of likely N-dealkylation sites (tertiary alicyclic amines) is 1. The van der Waals surface area contributed by atoms with Crippen molar-refractivity contribution < 1.29 is 22.7 Å². The molecular formula is C24H33F3N6O2. The number of alkyl halides is 3. The number of esters is 1. The number of nitrogens with one attached hydrogen (secondary N) is 1. The van der Waals surface area contributed by atoms with Gasteiger partial charge in [0.2, 0.25) is 0 Å². The van der Waals surface area contributed by atoms with E-state index in [9.17, 15) is 18.0 Å². The first-order valence-electron chi connectivity index (χ1n) is 11.6. The van der Waals surface area contributed by atoms with Gasteiger partial charge in [-0.3, -0.25) is 15.2 Å². The maximum atomic E-state index is 13.1. The lowest BCUT2D eigenvalue weighted by molar-refractivity contribution is -0.158. The van der Waals surface area contributed by atoms with Gasteiger partial charge in [0.05, 0.1) is 25.3 Å². The van der Waals surface area contributed by atoms with Crippen LogP contribution in [0.4, 0.5) is 13.2 Å². The van der Waals surface area contributed by atoms with E-state index in [0.717, 1.165) is 17.6 Å². The first-order valence-corrected chi connectivity index (χ1v) is 11.6. The van der Waals surface area contributed by atoms with Crippen molar-refractivity contribution in [1.29, 1.82) is 0 Å². The van der Waals surface area contributed by atoms with Crippen LogP contribution in [0.15, 0.2) is 51.7 Å². The summed E-state index contributed by atoms with van der Waals surface area (Å²) in [6, 6.07) is -0.444. The van der Waals surface area contributed by atoms with E-state index < -0.39 is 29.2 Å². The van der Waals surface area contributed by atoms with Gasteiger partial charge in [-0.2, -0.15) is 18.3 Å². The zero-order valence-electron chi connectivity index (χ0n) is 20.3. The lowest BCUT2D eigenvalue weighted by Gasteiger charge is -2.46. The van der Waals surface area contributed by atoms with E-state index in [1.807, 2.05) is 24.8 Å². The Morgan fingerprint density at radius 1 is 1.46 bits per heavy atom. The quantitative estimate of drug-likeness (QED) is 0.245. The molecule has 11 heteroatoms. The zero-order chi connectivity index (χ0) is 25.8. The molecule has 35 heavy (non-hydrogen) atoms. The number of piperidine rings is 1. The molecule has 0 aromatic rings. The molecule has 0 aliphatic carbocycles. The molecule has 3 N–H and O–H groups in total. The molecule has 192 valence electrons. The molecule has 3 rings (SSSR count). The monoisotopic (exact) mass is 494 g/mol. The molecule has 3 aliphatic heterocycles. The van der Waals surface area contributed by atoms with Gasteiger partial charge in [0, 0.05) is 30.9 Å². The van der Waals surface area contributed by atoms with Crippen molar-refractivity contribution in [2.75, 3.05) is 26.7 Å². The fourth-order valence-corrected chi connectivity index (χ4v) is 4.73. The van der Waals surface area contributed by atoms with E-state index in [0.29, 0.717) is 31.6 Å². The molecule has 8 nitrogen and oxygen atoms in total. The number of ether oxygens (including phenoxy) is 1. The second-order valence-electron chi connectivity index (χ2n) is 9.50. The molecule has 3 unspecified atom stereocenters. The standard InChI is InChI=1S/C24H33F3N6O2/c1-15(2)12-23(22(34)35-4)14-33(11-9-19(23)28)20(8-7-16(3)24(25,26)27)30-13-18-17-6-5-10-29-21(17)32-31-18/h5,7-8,10,15,17,19H,3,6,9,11-14,28H2,1-2,4H3,(H,29,32)/b8-7-,30-20?. The van der Waals surface area contributed by atoms with Crippen LogP contribution in [0.1, 0.15) is 33.1 Å². The maximum absolute atomic E-state index is 13.1. The minimum atomic E-state index is -4.56. The number of hydrogen-bond acceptors (Lipinski definition) is 7. The van der Waals surface area contributed by atoms with Crippen LogP contribution in [-0.4, -0.2) is 67.2 Å². The lowest BCUT2D eigenvalue weighted by atomic mass is 9.70. The number of fused-ring (bicyclic) bond motifs is 1. The summed E-state index contributed by atoms with van der Waals surface area (Å²) in [6.07, 6.45) is 2.93. The van der Waals surface area contributed by atoms with Crippen LogP contribution in [0.2, 0.25) is 0 Å². The van der Waals surface area contributed by atoms with Crippen molar-refractivity contribution in [3.63, 3.8) is 0 Å². The zero-order valence-corrected chi connectivity index (χ0v) is 20.3. The summed E-state index contributed by atoms with van der Waals surface area (Å²) in [4.78, 5) is 23.6. The summed E-state index contributed by atoms with van der Waals surface area (Å²) in [5.41, 5.74) is 8.07. The minimum absolute atomic E-state index is 0.0380. The number of rotatable bonds is 7. The summed E-state index contributed by atoms with van der Waals surface area (Å²) >= 11 is 0. The van der Waals surface area contributed by atoms with Crippen LogP contribution in [0.3, 0.4) is 0 Å². The summed E-state index contributed by atoms with van der Waals surface area (Å²) in [5, 5.41) is 4.31. The predicted octanol–water partition coefficient (Wildman–Crippen LogP) is 3.19. The van der Waals surface area contributed by atoms with Crippen molar-refractivity contribution in [3.05, 3.63) is 36.6 Å². The van der Waals surface area contributed by atoms with E-state index in [2.05, 4.69) is 27.1 Å². The first-order chi connectivity index (χ1) is 16.5. The highest BCUT2D eigenvalue weighted by Gasteiger charge is 2.49. The Balaban J connectivity index is 1.91. The van der Waals surface area contributed by atoms with Gasteiger partial charge in [-0.1, -0.05) is 26.5 Å². The Hall–Kier alpha value is -2.95. The minimum Gasteiger partial charge on any atom is -0.468 e. The van der Waals surface area contributed by atoms with Crippen LogP contribution in [0, 0.1) is 17.3 Å². The van der Waals surface area contributed by atoms with Gasteiger partial charge in [-0.25, -0.2) is 4.99 Å². The van der Waals surface area contributed by atoms with Crippen LogP contribution >= 0.6 is 0 Å². The Morgan fingerprint density at radius 3 is 2.86 bits per heavy atom. The average molecular weight is 495 g/mol. The summed E-state index contributed by atoms with van der Waals surface area (Å²) in [6.45, 7) is 7.88. The average Bonchev–Trinajstić information content (AvgIpc) is 3.22. The van der Waals surface area contributed by atoms with E-state index in [-0.39, 0.29) is 24.9 Å². The van der Waals surface area contributed by atoms with Gasteiger partial charge in [0.1, 0.15) is 17.1 Å². The smallest absolute Gasteiger partial charge is 0.415 e. The third kappa shape index (κ3) is 6.01. The van der Waals surface area contributed by atoms with Gasteiger partial charge < -0.3 is 15.4 Å². The Labute approximate surface area is 203 Å². The lowest BCUT2D eigenvalue weighted by Crippen LogP contribution is -2.61. The van der Waals surface area contributed by atoms with E-state index in [1.54, 1.807) is 6.20 Å². The maximum Gasteiger partial charge on any atom is 0.415 e. The molecular weight excluding hydrogens is 461 g/mol. The van der Waals surface area contributed by atoms with Crippen molar-refractivity contribution in [1.82, 2.24) is 10.3 Å². The third-order valence-corrected chi connectivity index (χ3v) is 6.52. The van der Waals surface area contributed by atoms with E-state index in [4.69, 9.17) is 10.5 Å². The Bertz CT molecular complexity index is 982. The summed E-state index contributed by atoms with van der Waals surface area (Å²) in [7, 11) is 1.32. The normalized spacial score (nSPS) is 27.0. The number of nitrogens with zero attached hydrogens (tertiary/aromatic N) is 4. The highest BCUT2D eigenvalue weighted by atomic mass is 19.4. The topological polar surface area (TPSA) is 105 Å². The molecule has 1 saturated heterocycles. The van der Waals surface area contributed by atoms with Crippen molar-refractivity contribution in [2.24, 2.45) is 38.1 Å². The summed E-state index contributed by atoms with van der Waals surface area (Å²) < 4.78 is 44.4. The molecule has 0 radical (unpaired) electrons. The molecule has 0 aromatic heterocycles. The van der Waals surface area contributed by atoms with Gasteiger partial charge >= 0.3 is 12.1 Å².